The molecule has 0 saturated heterocycles. The van der Waals surface area contributed by atoms with Crippen molar-refractivity contribution in [1.82, 2.24) is 20.2 Å². The molecule has 0 saturated carbocycles. The fourth-order valence-corrected chi connectivity index (χ4v) is 2.22. The summed E-state index contributed by atoms with van der Waals surface area (Å²) in [4.78, 5) is 0. The molecule has 2 N–H and O–H groups in total. The second-order valence-electron chi connectivity index (χ2n) is 5.02. The van der Waals surface area contributed by atoms with Crippen molar-refractivity contribution in [1.29, 1.82) is 0 Å². The minimum Gasteiger partial charge on any atom is -0.398 e. The Morgan fingerprint density at radius 2 is 2.15 bits per heavy atom. The predicted octanol–water partition coefficient (Wildman–Crippen LogP) is 3.20. The van der Waals surface area contributed by atoms with E-state index < -0.39 is 0 Å². The van der Waals surface area contributed by atoms with Crippen molar-refractivity contribution in [3.8, 4) is 11.4 Å². The van der Waals surface area contributed by atoms with Crippen LogP contribution in [-0.2, 0) is 0 Å². The lowest BCUT2D eigenvalue weighted by Crippen LogP contribution is -2.10. The summed E-state index contributed by atoms with van der Waals surface area (Å²) in [5.74, 6) is 0.229. The lowest BCUT2D eigenvalue weighted by Gasteiger charge is -2.14. The Bertz CT molecular complexity index is 566. The van der Waals surface area contributed by atoms with Crippen molar-refractivity contribution in [2.75, 3.05) is 5.73 Å². The molecule has 0 fully saturated rings. The predicted molar refractivity (Wildman–Crippen MR) is 76.5 cm³/mol. The van der Waals surface area contributed by atoms with Gasteiger partial charge in [-0.3, -0.25) is 0 Å². The molecule has 0 bridgehead atoms. The number of benzene rings is 1. The number of tetrazole rings is 1. The van der Waals surface area contributed by atoms with Gasteiger partial charge in [-0.05, 0) is 42.0 Å². The van der Waals surface area contributed by atoms with Crippen LogP contribution in [0.3, 0.4) is 0 Å². The number of unbranched alkanes of at least 4 members (excludes halogenated alkanes) is 2. The first-order valence-corrected chi connectivity index (χ1v) is 6.96. The van der Waals surface area contributed by atoms with E-state index in [1.165, 1.54) is 25.0 Å². The highest BCUT2D eigenvalue weighted by atomic mass is 19.1. The highest BCUT2D eigenvalue weighted by molar-refractivity contribution is 5.71. The average Bonchev–Trinajstić information content (AvgIpc) is 2.88. The molecular weight excluding hydrogens is 257 g/mol. The Labute approximate surface area is 118 Å². The average molecular weight is 277 g/mol. The summed E-state index contributed by atoms with van der Waals surface area (Å²) in [6.45, 7) is 4.25. The Kier molecular flexibility index (Phi) is 4.65. The van der Waals surface area contributed by atoms with Gasteiger partial charge in [-0.2, -0.15) is 0 Å². The third-order valence-electron chi connectivity index (χ3n) is 3.39. The van der Waals surface area contributed by atoms with Crippen LogP contribution in [0.4, 0.5) is 10.1 Å². The van der Waals surface area contributed by atoms with Gasteiger partial charge in [-0.25, -0.2) is 9.07 Å². The van der Waals surface area contributed by atoms with Gasteiger partial charge in [-0.1, -0.05) is 26.2 Å². The second kappa shape index (κ2) is 6.45. The molecule has 1 aromatic carbocycles. The van der Waals surface area contributed by atoms with Gasteiger partial charge >= 0.3 is 0 Å². The largest absolute Gasteiger partial charge is 0.398 e. The van der Waals surface area contributed by atoms with Gasteiger partial charge in [0.05, 0.1) is 6.04 Å². The summed E-state index contributed by atoms with van der Waals surface area (Å²) in [7, 11) is 0. The molecule has 1 unspecified atom stereocenters. The van der Waals surface area contributed by atoms with E-state index in [0.717, 1.165) is 12.8 Å². The SMILES string of the molecule is CCCCCC(C)n1nnnc1-c1ccc(F)cc1N. The van der Waals surface area contributed by atoms with Gasteiger partial charge in [0, 0.05) is 11.3 Å². The molecule has 20 heavy (non-hydrogen) atoms. The van der Waals surface area contributed by atoms with Crippen LogP contribution in [0.1, 0.15) is 45.6 Å². The highest BCUT2D eigenvalue weighted by Crippen LogP contribution is 2.27. The topological polar surface area (TPSA) is 69.6 Å². The molecule has 108 valence electrons. The molecule has 5 nitrogen and oxygen atoms in total. The van der Waals surface area contributed by atoms with E-state index in [9.17, 15) is 4.39 Å². The normalized spacial score (nSPS) is 12.6. The number of halogens is 1. The molecule has 0 aliphatic heterocycles. The van der Waals surface area contributed by atoms with E-state index in [1.54, 1.807) is 10.7 Å². The van der Waals surface area contributed by atoms with E-state index in [0.29, 0.717) is 17.1 Å². The first-order chi connectivity index (χ1) is 9.63. The molecule has 6 heteroatoms. The third-order valence-corrected chi connectivity index (χ3v) is 3.39. The number of anilines is 1. The molecule has 2 rings (SSSR count). The Balaban J connectivity index is 2.23. The first-order valence-electron chi connectivity index (χ1n) is 6.96. The Morgan fingerprint density at radius 1 is 1.35 bits per heavy atom. The quantitative estimate of drug-likeness (QED) is 0.650. The third kappa shape index (κ3) is 3.12. The van der Waals surface area contributed by atoms with Crippen molar-refractivity contribution < 1.29 is 4.39 Å². The molecule has 2 aromatic rings. The van der Waals surface area contributed by atoms with Gasteiger partial charge in [0.1, 0.15) is 5.82 Å². The number of nitrogens with two attached hydrogens (primary N) is 1. The summed E-state index contributed by atoms with van der Waals surface area (Å²) in [6, 6.07) is 4.46. The van der Waals surface area contributed by atoms with Crippen LogP contribution in [0, 0.1) is 5.82 Å². The molecule has 0 aliphatic carbocycles. The van der Waals surface area contributed by atoms with Gasteiger partial charge in [0.25, 0.3) is 0 Å². The van der Waals surface area contributed by atoms with Crippen molar-refractivity contribution >= 4 is 5.69 Å². The van der Waals surface area contributed by atoms with Crippen LogP contribution >= 0.6 is 0 Å². The Morgan fingerprint density at radius 3 is 2.85 bits per heavy atom. The van der Waals surface area contributed by atoms with Crippen LogP contribution in [0.25, 0.3) is 11.4 Å². The standard InChI is InChI=1S/C14H20FN5/c1-3-4-5-6-10(2)20-14(17-18-19-20)12-8-7-11(15)9-13(12)16/h7-10H,3-6,16H2,1-2H3. The lowest BCUT2D eigenvalue weighted by molar-refractivity contribution is 0.432. The van der Waals surface area contributed by atoms with Gasteiger partial charge in [0.15, 0.2) is 5.82 Å². The van der Waals surface area contributed by atoms with Gasteiger partial charge in [0.2, 0.25) is 0 Å². The molecule has 1 aromatic heterocycles. The van der Waals surface area contributed by atoms with Crippen LogP contribution in [0.15, 0.2) is 18.2 Å². The maximum absolute atomic E-state index is 13.1. The summed E-state index contributed by atoms with van der Waals surface area (Å²) >= 11 is 0. The summed E-state index contributed by atoms with van der Waals surface area (Å²) in [5, 5.41) is 11.8. The second-order valence-corrected chi connectivity index (χ2v) is 5.02. The van der Waals surface area contributed by atoms with Crippen molar-refractivity contribution in [3.63, 3.8) is 0 Å². The number of hydrogen-bond acceptors (Lipinski definition) is 4. The van der Waals surface area contributed by atoms with E-state index in [1.807, 2.05) is 0 Å². The first kappa shape index (κ1) is 14.4. The van der Waals surface area contributed by atoms with Crippen LogP contribution in [0.5, 0.6) is 0 Å². The molecule has 0 radical (unpaired) electrons. The molecule has 0 amide bonds. The minimum absolute atomic E-state index is 0.191. The number of rotatable bonds is 6. The highest BCUT2D eigenvalue weighted by Gasteiger charge is 2.16. The van der Waals surface area contributed by atoms with E-state index >= 15 is 0 Å². The van der Waals surface area contributed by atoms with E-state index in [4.69, 9.17) is 5.73 Å². The van der Waals surface area contributed by atoms with Crippen LogP contribution in [0.2, 0.25) is 0 Å². The van der Waals surface area contributed by atoms with Crippen molar-refractivity contribution in [2.24, 2.45) is 0 Å². The maximum Gasteiger partial charge on any atom is 0.184 e. The number of aromatic nitrogens is 4. The fraction of sp³-hybridized carbons (Fsp3) is 0.500. The number of hydrogen-bond donors (Lipinski definition) is 1. The van der Waals surface area contributed by atoms with Crippen LogP contribution < -0.4 is 5.73 Å². The zero-order valence-electron chi connectivity index (χ0n) is 11.9. The lowest BCUT2D eigenvalue weighted by atomic mass is 10.1. The van der Waals surface area contributed by atoms with Crippen molar-refractivity contribution in [2.45, 2.75) is 45.6 Å². The molecule has 1 heterocycles. The minimum atomic E-state index is -0.360. The number of nitrogen functional groups attached to an aromatic ring is 1. The fourth-order valence-electron chi connectivity index (χ4n) is 2.22. The Hall–Kier alpha value is -1.98. The van der Waals surface area contributed by atoms with Gasteiger partial charge < -0.3 is 5.73 Å². The molecule has 1 atom stereocenters. The summed E-state index contributed by atoms with van der Waals surface area (Å²) < 4.78 is 14.9. The summed E-state index contributed by atoms with van der Waals surface area (Å²) in [5.41, 5.74) is 6.87. The van der Waals surface area contributed by atoms with E-state index in [2.05, 4.69) is 29.4 Å². The summed E-state index contributed by atoms with van der Waals surface area (Å²) in [6.07, 6.45) is 4.52. The molecule has 0 spiro atoms. The monoisotopic (exact) mass is 277 g/mol. The number of nitrogens with zero attached hydrogens (tertiary/aromatic N) is 4. The zero-order chi connectivity index (χ0) is 14.5. The smallest absolute Gasteiger partial charge is 0.184 e. The molecular formula is C14H20FN5. The van der Waals surface area contributed by atoms with Crippen molar-refractivity contribution in [3.05, 3.63) is 24.0 Å². The maximum atomic E-state index is 13.1. The van der Waals surface area contributed by atoms with Gasteiger partial charge in [-0.15, -0.1) is 5.10 Å². The molecule has 0 aliphatic rings. The van der Waals surface area contributed by atoms with Crippen LogP contribution in [-0.4, -0.2) is 20.2 Å². The zero-order valence-corrected chi connectivity index (χ0v) is 11.9. The van der Waals surface area contributed by atoms with E-state index in [-0.39, 0.29) is 11.9 Å².